The first-order chi connectivity index (χ1) is 17.2. The van der Waals surface area contributed by atoms with Crippen LogP contribution < -0.4 is 15.3 Å². The Balaban J connectivity index is 0.000000147. The van der Waals surface area contributed by atoms with Crippen molar-refractivity contribution in [1.82, 2.24) is 0 Å². The zero-order chi connectivity index (χ0) is 25.1. The molecule has 2 saturated carbocycles. The van der Waals surface area contributed by atoms with Crippen molar-refractivity contribution in [3.8, 4) is 0 Å². The van der Waals surface area contributed by atoms with E-state index in [1.807, 2.05) is 0 Å². The molecule has 0 aromatic heterocycles. The van der Waals surface area contributed by atoms with E-state index in [2.05, 4.69) is 102 Å². The quantitative estimate of drug-likeness (QED) is 0.412. The monoisotopic (exact) mass is 550 g/mol. The molecule has 0 spiro atoms. The molecule has 2 aliphatic carbocycles. The van der Waals surface area contributed by atoms with Crippen LogP contribution in [0.2, 0.25) is 0 Å². The van der Waals surface area contributed by atoms with Gasteiger partial charge in [0, 0.05) is 41.0 Å². The Hall–Kier alpha value is -1.50. The molecular formula is C30H40BBrN2O2. The van der Waals surface area contributed by atoms with Gasteiger partial charge < -0.3 is 19.1 Å². The van der Waals surface area contributed by atoms with Crippen molar-refractivity contribution in [3.05, 3.63) is 53.0 Å². The Bertz CT molecular complexity index is 1060. The van der Waals surface area contributed by atoms with E-state index in [1.54, 1.807) is 0 Å². The molecule has 6 heteroatoms. The van der Waals surface area contributed by atoms with Gasteiger partial charge in [0.1, 0.15) is 0 Å². The summed E-state index contributed by atoms with van der Waals surface area (Å²) in [7, 11) is -0.255. The average Bonchev–Trinajstić information content (AvgIpc) is 3.68. The Labute approximate surface area is 226 Å². The van der Waals surface area contributed by atoms with Gasteiger partial charge in [-0.2, -0.15) is 0 Å². The number of halogens is 1. The van der Waals surface area contributed by atoms with Crippen LogP contribution in [0.4, 0.5) is 11.4 Å². The first-order valence-corrected chi connectivity index (χ1v) is 14.7. The summed E-state index contributed by atoms with van der Waals surface area (Å²) >= 11 is 3.48. The van der Waals surface area contributed by atoms with Crippen molar-refractivity contribution in [2.24, 2.45) is 11.8 Å². The third kappa shape index (κ3) is 4.63. The number of hydrogen-bond donors (Lipinski definition) is 0. The highest BCUT2D eigenvalue weighted by molar-refractivity contribution is 9.10. The highest BCUT2D eigenvalue weighted by Gasteiger charge is 2.51. The molecule has 4 atom stereocenters. The van der Waals surface area contributed by atoms with Crippen LogP contribution in [0, 0.1) is 11.8 Å². The first-order valence-electron chi connectivity index (χ1n) is 13.9. The molecule has 4 bridgehead atoms. The van der Waals surface area contributed by atoms with E-state index >= 15 is 0 Å². The van der Waals surface area contributed by atoms with Gasteiger partial charge in [0.25, 0.3) is 0 Å². The standard InChI is InChI=1S/C18H26BNO2.C12H14BrN/c1-17(2)18(3,4)22-19(21-17)14-6-9-15(10-7-14)20-12-13-5-8-16(20)11-13;13-10-2-5-11(6-3-10)14-8-9-1-4-12(14)7-9/h6-7,9-10,13,16H,5,8,11-12H2,1-4H3;2-3,5-6,9,12H,1,4,7-8H2/t13-,16+;9-,12+/m00/s1. The molecule has 192 valence electrons. The van der Waals surface area contributed by atoms with Crippen molar-refractivity contribution in [3.63, 3.8) is 0 Å². The summed E-state index contributed by atoms with van der Waals surface area (Å²) in [6.07, 6.45) is 8.46. The van der Waals surface area contributed by atoms with E-state index in [4.69, 9.17) is 9.31 Å². The minimum Gasteiger partial charge on any atom is -0.399 e. The molecule has 7 rings (SSSR count). The number of rotatable bonds is 3. The number of hydrogen-bond acceptors (Lipinski definition) is 4. The van der Waals surface area contributed by atoms with Crippen LogP contribution >= 0.6 is 15.9 Å². The van der Waals surface area contributed by atoms with Gasteiger partial charge >= 0.3 is 7.12 Å². The van der Waals surface area contributed by atoms with Crippen LogP contribution in [-0.4, -0.2) is 43.5 Å². The molecule has 2 aromatic rings. The third-order valence-electron chi connectivity index (χ3n) is 9.73. The molecular weight excluding hydrogens is 511 g/mol. The molecule has 3 aliphatic heterocycles. The second kappa shape index (κ2) is 9.36. The smallest absolute Gasteiger partial charge is 0.399 e. The molecule has 2 aromatic carbocycles. The molecule has 0 N–H and O–H groups in total. The molecule has 3 saturated heterocycles. The fraction of sp³-hybridized carbons (Fsp3) is 0.600. The van der Waals surface area contributed by atoms with Crippen LogP contribution in [0.3, 0.4) is 0 Å². The molecule has 36 heavy (non-hydrogen) atoms. The summed E-state index contributed by atoms with van der Waals surface area (Å²) in [5.41, 5.74) is 3.33. The van der Waals surface area contributed by atoms with Gasteiger partial charge in [-0.3, -0.25) is 0 Å². The van der Waals surface area contributed by atoms with Crippen LogP contribution in [0.15, 0.2) is 53.0 Å². The maximum Gasteiger partial charge on any atom is 0.494 e. The molecule has 0 unspecified atom stereocenters. The maximum atomic E-state index is 6.13. The second-order valence-electron chi connectivity index (χ2n) is 12.6. The van der Waals surface area contributed by atoms with Gasteiger partial charge in [0.15, 0.2) is 0 Å². The third-order valence-corrected chi connectivity index (χ3v) is 10.3. The number of fused-ring (bicyclic) bond motifs is 4. The van der Waals surface area contributed by atoms with E-state index in [0.29, 0.717) is 0 Å². The molecule has 3 heterocycles. The van der Waals surface area contributed by atoms with Gasteiger partial charge in [-0.05, 0) is 120 Å². The highest BCUT2D eigenvalue weighted by Crippen LogP contribution is 2.41. The molecule has 4 nitrogen and oxygen atoms in total. The minimum absolute atomic E-state index is 0.255. The lowest BCUT2D eigenvalue weighted by molar-refractivity contribution is 0.00578. The van der Waals surface area contributed by atoms with Gasteiger partial charge in [-0.1, -0.05) is 28.1 Å². The number of benzene rings is 2. The predicted octanol–water partition coefficient (Wildman–Crippen LogP) is 6.41. The van der Waals surface area contributed by atoms with Crippen molar-refractivity contribution < 1.29 is 9.31 Å². The first kappa shape index (κ1) is 24.8. The fourth-order valence-corrected chi connectivity index (χ4v) is 7.18. The summed E-state index contributed by atoms with van der Waals surface area (Å²) in [5.74, 6) is 1.90. The van der Waals surface area contributed by atoms with Gasteiger partial charge in [0.2, 0.25) is 0 Å². The van der Waals surface area contributed by atoms with Crippen LogP contribution in [0.1, 0.15) is 66.2 Å². The summed E-state index contributed by atoms with van der Waals surface area (Å²) in [4.78, 5) is 5.17. The average molecular weight is 551 g/mol. The Morgan fingerprint density at radius 1 is 0.694 bits per heavy atom. The van der Waals surface area contributed by atoms with Gasteiger partial charge in [-0.15, -0.1) is 0 Å². The van der Waals surface area contributed by atoms with E-state index in [0.717, 1.165) is 29.4 Å². The zero-order valence-electron chi connectivity index (χ0n) is 22.3. The minimum atomic E-state index is -0.273. The summed E-state index contributed by atoms with van der Waals surface area (Å²) in [5, 5.41) is 0. The van der Waals surface area contributed by atoms with Crippen molar-refractivity contribution in [2.45, 2.75) is 89.5 Å². The topological polar surface area (TPSA) is 24.9 Å². The lowest BCUT2D eigenvalue weighted by Crippen LogP contribution is -2.41. The van der Waals surface area contributed by atoms with Crippen LogP contribution in [0.5, 0.6) is 0 Å². The fourth-order valence-electron chi connectivity index (χ4n) is 6.92. The molecule has 0 radical (unpaired) electrons. The second-order valence-corrected chi connectivity index (χ2v) is 13.5. The normalized spacial score (nSPS) is 31.2. The number of piperidine rings is 2. The van der Waals surface area contributed by atoms with Crippen molar-refractivity contribution in [2.75, 3.05) is 22.9 Å². The molecule has 5 aliphatic rings. The maximum absolute atomic E-state index is 6.13. The van der Waals surface area contributed by atoms with E-state index in [-0.39, 0.29) is 18.3 Å². The molecule has 0 amide bonds. The van der Waals surface area contributed by atoms with Crippen molar-refractivity contribution in [1.29, 1.82) is 0 Å². The zero-order valence-corrected chi connectivity index (χ0v) is 23.8. The summed E-state index contributed by atoms with van der Waals surface area (Å²) < 4.78 is 13.4. The molecule has 5 fully saturated rings. The largest absolute Gasteiger partial charge is 0.494 e. The predicted molar refractivity (Wildman–Crippen MR) is 153 cm³/mol. The van der Waals surface area contributed by atoms with Crippen molar-refractivity contribution >= 4 is 39.9 Å². The lowest BCUT2D eigenvalue weighted by atomic mass is 9.79. The van der Waals surface area contributed by atoms with Gasteiger partial charge in [0.05, 0.1) is 11.2 Å². The number of nitrogens with zero attached hydrogens (tertiary/aromatic N) is 2. The van der Waals surface area contributed by atoms with Gasteiger partial charge in [-0.25, -0.2) is 0 Å². The van der Waals surface area contributed by atoms with E-state index in [9.17, 15) is 0 Å². The SMILES string of the molecule is Brc1ccc(N2C[C@H]3CC[C@@H]2C3)cc1.CC1(C)OB(c2ccc(N3C[C@H]4CC[C@@H]3C4)cc2)OC1(C)C. The van der Waals surface area contributed by atoms with E-state index < -0.39 is 0 Å². The van der Waals surface area contributed by atoms with E-state index in [1.165, 1.54) is 67.5 Å². The number of anilines is 2. The summed E-state index contributed by atoms with van der Waals surface area (Å²) in [6.45, 7) is 10.9. The summed E-state index contributed by atoms with van der Waals surface area (Å²) in [6, 6.07) is 19.2. The highest BCUT2D eigenvalue weighted by atomic mass is 79.9. The Kier molecular flexibility index (Phi) is 6.45. The van der Waals surface area contributed by atoms with Crippen LogP contribution in [0.25, 0.3) is 0 Å². The van der Waals surface area contributed by atoms with Crippen LogP contribution in [-0.2, 0) is 9.31 Å². The Morgan fingerprint density at radius 3 is 1.53 bits per heavy atom. The lowest BCUT2D eigenvalue weighted by Gasteiger charge is -2.32. The Morgan fingerprint density at radius 2 is 1.14 bits per heavy atom.